The van der Waals surface area contributed by atoms with Crippen LogP contribution in [-0.2, 0) is 33.0 Å². The van der Waals surface area contributed by atoms with Gasteiger partial charge in [0.1, 0.15) is 5.00 Å². The molecule has 7 nitrogen and oxygen atoms in total. The van der Waals surface area contributed by atoms with Crippen molar-refractivity contribution in [2.45, 2.75) is 38.5 Å². The van der Waals surface area contributed by atoms with Gasteiger partial charge in [-0.3, -0.25) is 4.79 Å². The number of hydrogen-bond donors (Lipinski definition) is 1. The van der Waals surface area contributed by atoms with Gasteiger partial charge in [-0.1, -0.05) is 30.3 Å². The van der Waals surface area contributed by atoms with Gasteiger partial charge in [0.05, 0.1) is 25.8 Å². The Bertz CT molecular complexity index is 945. The van der Waals surface area contributed by atoms with Crippen molar-refractivity contribution < 1.29 is 23.9 Å². The summed E-state index contributed by atoms with van der Waals surface area (Å²) in [7, 11) is 1.33. The van der Waals surface area contributed by atoms with Crippen LogP contribution in [0.3, 0.4) is 0 Å². The molecule has 9 heteroatoms. The lowest BCUT2D eigenvalue weighted by Gasteiger charge is -2.26. The van der Waals surface area contributed by atoms with Gasteiger partial charge in [0, 0.05) is 23.6 Å². The maximum Gasteiger partial charge on any atom is 0.410 e. The van der Waals surface area contributed by atoms with E-state index in [2.05, 4.69) is 17.4 Å². The van der Waals surface area contributed by atoms with Gasteiger partial charge in [-0.25, -0.2) is 9.59 Å². The minimum Gasteiger partial charge on any atom is -0.465 e. The van der Waals surface area contributed by atoms with Crippen LogP contribution in [0.15, 0.2) is 30.3 Å². The molecular formula is C23H28N2O5S2. The van der Waals surface area contributed by atoms with E-state index < -0.39 is 5.97 Å². The minimum atomic E-state index is -0.471. The highest BCUT2D eigenvalue weighted by Gasteiger charge is 2.31. The smallest absolute Gasteiger partial charge is 0.410 e. The number of anilines is 1. The molecule has 0 bridgehead atoms. The molecule has 0 spiro atoms. The van der Waals surface area contributed by atoms with Crippen LogP contribution in [0.5, 0.6) is 0 Å². The van der Waals surface area contributed by atoms with E-state index in [-0.39, 0.29) is 12.0 Å². The zero-order chi connectivity index (χ0) is 22.9. The highest BCUT2D eigenvalue weighted by Crippen LogP contribution is 2.38. The highest BCUT2D eigenvalue weighted by molar-refractivity contribution is 7.98. The average Bonchev–Trinajstić information content (AvgIpc) is 3.16. The lowest BCUT2D eigenvalue weighted by Crippen LogP contribution is -2.36. The van der Waals surface area contributed by atoms with E-state index in [9.17, 15) is 14.4 Å². The van der Waals surface area contributed by atoms with Crippen LogP contribution in [0.1, 0.15) is 46.1 Å². The summed E-state index contributed by atoms with van der Waals surface area (Å²) in [6, 6.07) is 10.2. The number of nitrogens with zero attached hydrogens (tertiary/aromatic N) is 1. The first kappa shape index (κ1) is 24.1. The number of carbonyl (C=O) groups is 3. The Hall–Kier alpha value is -2.52. The highest BCUT2D eigenvalue weighted by atomic mass is 32.2. The Balaban J connectivity index is 1.57. The van der Waals surface area contributed by atoms with Crippen LogP contribution in [0, 0.1) is 0 Å². The summed E-state index contributed by atoms with van der Waals surface area (Å²) < 4.78 is 10.0. The number of thiophene rings is 1. The van der Waals surface area contributed by atoms with Gasteiger partial charge in [-0.05, 0) is 36.6 Å². The number of hydrogen-bond acceptors (Lipinski definition) is 7. The monoisotopic (exact) mass is 476 g/mol. The fourth-order valence-corrected chi connectivity index (χ4v) is 5.66. The molecule has 2 amide bonds. The molecule has 2 heterocycles. The summed E-state index contributed by atoms with van der Waals surface area (Å²) in [6.45, 7) is 2.89. The molecule has 3 rings (SSSR count). The molecule has 0 radical (unpaired) electrons. The van der Waals surface area contributed by atoms with Crippen molar-refractivity contribution in [2.24, 2.45) is 0 Å². The first-order valence-electron chi connectivity index (χ1n) is 10.6. The number of rotatable bonds is 9. The number of methoxy groups -OCH3 is 1. The molecular weight excluding hydrogens is 448 g/mol. The number of nitrogens with one attached hydrogen (secondary N) is 1. The van der Waals surface area contributed by atoms with Crippen molar-refractivity contribution in [1.29, 1.82) is 0 Å². The van der Waals surface area contributed by atoms with Gasteiger partial charge in [-0.2, -0.15) is 11.8 Å². The van der Waals surface area contributed by atoms with E-state index in [0.29, 0.717) is 43.1 Å². The zero-order valence-electron chi connectivity index (χ0n) is 18.3. The largest absolute Gasteiger partial charge is 0.465 e. The van der Waals surface area contributed by atoms with E-state index in [1.54, 1.807) is 23.6 Å². The first-order valence-corrected chi connectivity index (χ1v) is 12.6. The molecule has 0 saturated heterocycles. The summed E-state index contributed by atoms with van der Waals surface area (Å²) >= 11 is 3.12. The van der Waals surface area contributed by atoms with Crippen LogP contribution in [0.25, 0.3) is 0 Å². The Labute approximate surface area is 196 Å². The second kappa shape index (κ2) is 11.9. The Morgan fingerprint density at radius 1 is 1.22 bits per heavy atom. The normalized spacial score (nSPS) is 12.8. The van der Waals surface area contributed by atoms with Crippen molar-refractivity contribution in [3.8, 4) is 0 Å². The van der Waals surface area contributed by atoms with Crippen LogP contribution in [0.4, 0.5) is 9.80 Å². The van der Waals surface area contributed by atoms with Gasteiger partial charge >= 0.3 is 12.1 Å². The second-order valence-electron chi connectivity index (χ2n) is 7.26. The quantitative estimate of drug-likeness (QED) is 0.417. The van der Waals surface area contributed by atoms with Gasteiger partial charge in [-0.15, -0.1) is 11.3 Å². The van der Waals surface area contributed by atoms with Crippen molar-refractivity contribution >= 4 is 46.1 Å². The third kappa shape index (κ3) is 6.26. The summed E-state index contributed by atoms with van der Waals surface area (Å²) in [5.41, 5.74) is 2.52. The third-order valence-electron chi connectivity index (χ3n) is 5.03. The van der Waals surface area contributed by atoms with E-state index >= 15 is 0 Å². The summed E-state index contributed by atoms with van der Waals surface area (Å²) in [5.74, 6) is 1.20. The van der Waals surface area contributed by atoms with Crippen LogP contribution < -0.4 is 5.32 Å². The van der Waals surface area contributed by atoms with Gasteiger partial charge in [0.15, 0.2) is 0 Å². The topological polar surface area (TPSA) is 84.9 Å². The molecule has 1 aliphatic rings. The van der Waals surface area contributed by atoms with E-state index in [1.807, 2.05) is 18.2 Å². The predicted octanol–water partition coefficient (Wildman–Crippen LogP) is 4.70. The van der Waals surface area contributed by atoms with Crippen molar-refractivity contribution in [1.82, 2.24) is 4.90 Å². The maximum atomic E-state index is 12.5. The Morgan fingerprint density at radius 2 is 2.00 bits per heavy atom. The lowest BCUT2D eigenvalue weighted by atomic mass is 10.0. The van der Waals surface area contributed by atoms with E-state index in [0.717, 1.165) is 28.4 Å². The van der Waals surface area contributed by atoms with Crippen LogP contribution >= 0.6 is 23.1 Å². The molecule has 0 saturated carbocycles. The molecule has 1 aromatic heterocycles. The number of ether oxygens (including phenoxy) is 2. The van der Waals surface area contributed by atoms with Crippen molar-refractivity contribution in [3.63, 3.8) is 0 Å². The van der Waals surface area contributed by atoms with Gasteiger partial charge < -0.3 is 19.7 Å². The number of fused-ring (bicyclic) bond motifs is 1. The molecule has 0 aliphatic carbocycles. The maximum absolute atomic E-state index is 12.5. The van der Waals surface area contributed by atoms with E-state index in [1.165, 1.54) is 24.0 Å². The minimum absolute atomic E-state index is 0.128. The number of carbonyl (C=O) groups excluding carboxylic acids is 3. The fourth-order valence-electron chi connectivity index (χ4n) is 3.47. The molecule has 1 aliphatic heterocycles. The van der Waals surface area contributed by atoms with Crippen molar-refractivity contribution in [3.05, 3.63) is 51.9 Å². The molecule has 0 fully saturated rings. The molecule has 32 heavy (non-hydrogen) atoms. The average molecular weight is 477 g/mol. The Morgan fingerprint density at radius 3 is 2.72 bits per heavy atom. The van der Waals surface area contributed by atoms with Gasteiger partial charge in [0.25, 0.3) is 0 Å². The standard InChI is InChI=1S/C23H28N2O5S2/c1-3-30-23(28)25-12-11-17-18(14-25)32-21(20(17)22(27)29-2)24-19(26)10-7-13-31-15-16-8-5-4-6-9-16/h4-6,8-9H,3,7,10-15H2,1-2H3,(H,24,26). The molecule has 1 aromatic carbocycles. The first-order chi connectivity index (χ1) is 15.5. The summed E-state index contributed by atoms with van der Waals surface area (Å²) in [4.78, 5) is 39.5. The number of amides is 2. The Kier molecular flexibility index (Phi) is 8.99. The van der Waals surface area contributed by atoms with Crippen LogP contribution in [-0.4, -0.2) is 48.9 Å². The number of esters is 1. The molecule has 0 unspecified atom stereocenters. The van der Waals surface area contributed by atoms with Gasteiger partial charge in [0.2, 0.25) is 5.91 Å². The SMILES string of the molecule is CCOC(=O)N1CCc2c(sc(NC(=O)CCCSCc3ccccc3)c2C(=O)OC)C1. The van der Waals surface area contributed by atoms with Crippen molar-refractivity contribution in [2.75, 3.05) is 31.3 Å². The predicted molar refractivity (Wildman–Crippen MR) is 127 cm³/mol. The second-order valence-corrected chi connectivity index (χ2v) is 9.47. The van der Waals surface area contributed by atoms with Crippen LogP contribution in [0.2, 0.25) is 0 Å². The molecule has 0 atom stereocenters. The molecule has 172 valence electrons. The van der Waals surface area contributed by atoms with E-state index in [4.69, 9.17) is 9.47 Å². The molecule has 2 aromatic rings. The number of benzene rings is 1. The molecule has 1 N–H and O–H groups in total. The lowest BCUT2D eigenvalue weighted by molar-refractivity contribution is -0.116. The zero-order valence-corrected chi connectivity index (χ0v) is 20.0. The third-order valence-corrected chi connectivity index (χ3v) is 7.28. The fraction of sp³-hybridized carbons (Fsp3) is 0.435. The summed E-state index contributed by atoms with van der Waals surface area (Å²) in [6.07, 6.45) is 1.27. The summed E-state index contributed by atoms with van der Waals surface area (Å²) in [5, 5.41) is 3.39. The number of thioether (sulfide) groups is 1.